The molecule has 0 unspecified atom stereocenters. The minimum absolute atomic E-state index is 0.618. The second kappa shape index (κ2) is 7.28. The molecule has 0 atom stereocenters. The Labute approximate surface area is 128 Å². The Morgan fingerprint density at radius 1 is 1.05 bits per heavy atom. The van der Waals surface area contributed by atoms with Crippen molar-refractivity contribution in [2.24, 2.45) is 0 Å². The number of benzene rings is 1. The van der Waals surface area contributed by atoms with Crippen molar-refractivity contribution in [3.8, 4) is 17.2 Å². The van der Waals surface area contributed by atoms with Crippen molar-refractivity contribution in [3.05, 3.63) is 33.8 Å². The zero-order valence-corrected chi connectivity index (χ0v) is 13.5. The van der Waals surface area contributed by atoms with Crippen molar-refractivity contribution in [3.63, 3.8) is 0 Å². The molecule has 1 N–H and O–H groups in total. The number of nitrogens with one attached hydrogen (secondary N) is 1. The molecular formula is C15H20N2O3S. The van der Waals surface area contributed by atoms with Crippen LogP contribution in [0.1, 0.15) is 15.4 Å². The summed E-state index contributed by atoms with van der Waals surface area (Å²) in [5.74, 6) is 1.98. The van der Waals surface area contributed by atoms with Crippen LogP contribution in [0.2, 0.25) is 0 Å². The fourth-order valence-corrected chi connectivity index (χ4v) is 2.87. The van der Waals surface area contributed by atoms with E-state index in [1.165, 1.54) is 4.88 Å². The van der Waals surface area contributed by atoms with Crippen LogP contribution in [0.3, 0.4) is 0 Å². The molecule has 2 aromatic rings. The molecule has 0 saturated carbocycles. The highest BCUT2D eigenvalue weighted by Crippen LogP contribution is 2.39. The highest BCUT2D eigenvalue weighted by atomic mass is 32.1. The zero-order chi connectivity index (χ0) is 15.2. The number of rotatable bonds is 7. The standard InChI is InChI=1S/C15H20N2O3S/c1-10-17-9-12(21-10)8-16-7-11-5-6-13(18-2)15(20-4)14(11)19-3/h5-6,9,16H,7-8H2,1-4H3. The summed E-state index contributed by atoms with van der Waals surface area (Å²) in [4.78, 5) is 5.46. The first-order valence-corrected chi connectivity index (χ1v) is 7.41. The first-order chi connectivity index (χ1) is 10.2. The van der Waals surface area contributed by atoms with E-state index in [0.29, 0.717) is 23.8 Å². The zero-order valence-electron chi connectivity index (χ0n) is 12.7. The van der Waals surface area contributed by atoms with Crippen molar-refractivity contribution in [1.82, 2.24) is 10.3 Å². The van der Waals surface area contributed by atoms with Gasteiger partial charge in [0.15, 0.2) is 11.5 Å². The number of hydrogen-bond donors (Lipinski definition) is 1. The third kappa shape index (κ3) is 3.65. The summed E-state index contributed by atoms with van der Waals surface area (Å²) in [6.07, 6.45) is 1.90. The van der Waals surface area contributed by atoms with Crippen LogP contribution in [0.25, 0.3) is 0 Å². The molecule has 1 aromatic carbocycles. The van der Waals surface area contributed by atoms with Crippen LogP contribution < -0.4 is 19.5 Å². The lowest BCUT2D eigenvalue weighted by Gasteiger charge is -2.15. The Kier molecular flexibility index (Phi) is 5.41. The molecule has 0 aliphatic rings. The summed E-state index contributed by atoms with van der Waals surface area (Å²) in [7, 11) is 4.85. The number of aryl methyl sites for hydroxylation is 1. The van der Waals surface area contributed by atoms with E-state index in [4.69, 9.17) is 14.2 Å². The van der Waals surface area contributed by atoms with E-state index in [-0.39, 0.29) is 0 Å². The highest BCUT2D eigenvalue weighted by molar-refractivity contribution is 7.11. The summed E-state index contributed by atoms with van der Waals surface area (Å²) < 4.78 is 16.1. The van der Waals surface area contributed by atoms with Gasteiger partial charge in [0.05, 0.1) is 26.3 Å². The number of hydrogen-bond acceptors (Lipinski definition) is 6. The molecule has 0 saturated heterocycles. The van der Waals surface area contributed by atoms with Crippen molar-refractivity contribution in [2.45, 2.75) is 20.0 Å². The lowest BCUT2D eigenvalue weighted by Crippen LogP contribution is -2.13. The lowest BCUT2D eigenvalue weighted by molar-refractivity contribution is 0.321. The van der Waals surface area contributed by atoms with Crippen LogP contribution in [0.5, 0.6) is 17.2 Å². The number of methoxy groups -OCH3 is 3. The monoisotopic (exact) mass is 308 g/mol. The smallest absolute Gasteiger partial charge is 0.203 e. The van der Waals surface area contributed by atoms with Crippen molar-refractivity contribution >= 4 is 11.3 Å². The lowest BCUT2D eigenvalue weighted by atomic mass is 10.1. The van der Waals surface area contributed by atoms with Crippen molar-refractivity contribution in [1.29, 1.82) is 0 Å². The van der Waals surface area contributed by atoms with E-state index in [1.807, 2.05) is 25.3 Å². The number of aromatic nitrogens is 1. The molecule has 1 heterocycles. The Hall–Kier alpha value is -1.79. The average Bonchev–Trinajstić information content (AvgIpc) is 2.91. The normalized spacial score (nSPS) is 10.5. The van der Waals surface area contributed by atoms with Crippen molar-refractivity contribution < 1.29 is 14.2 Å². The van der Waals surface area contributed by atoms with Gasteiger partial charge in [-0.05, 0) is 13.0 Å². The predicted octanol–water partition coefficient (Wildman–Crippen LogP) is 2.77. The van der Waals surface area contributed by atoms with Gasteiger partial charge in [-0.2, -0.15) is 0 Å². The summed E-state index contributed by atoms with van der Waals surface area (Å²) in [5.41, 5.74) is 1.02. The first-order valence-electron chi connectivity index (χ1n) is 6.59. The van der Waals surface area contributed by atoms with E-state index in [1.54, 1.807) is 32.7 Å². The van der Waals surface area contributed by atoms with Gasteiger partial charge in [-0.3, -0.25) is 0 Å². The third-order valence-electron chi connectivity index (χ3n) is 3.07. The van der Waals surface area contributed by atoms with Crippen LogP contribution in [0.4, 0.5) is 0 Å². The van der Waals surface area contributed by atoms with Gasteiger partial charge in [-0.15, -0.1) is 11.3 Å². The Morgan fingerprint density at radius 3 is 2.38 bits per heavy atom. The Bertz CT molecular complexity index is 599. The maximum Gasteiger partial charge on any atom is 0.203 e. The molecule has 0 fully saturated rings. The molecule has 2 rings (SSSR count). The minimum atomic E-state index is 0.618. The Balaban J connectivity index is 2.08. The topological polar surface area (TPSA) is 52.6 Å². The maximum atomic E-state index is 5.46. The molecular weight excluding hydrogens is 288 g/mol. The largest absolute Gasteiger partial charge is 0.493 e. The molecule has 0 aliphatic carbocycles. The summed E-state index contributed by atoms with van der Waals surface area (Å²) in [5, 5.41) is 4.47. The van der Waals surface area contributed by atoms with Crippen molar-refractivity contribution in [2.75, 3.05) is 21.3 Å². The maximum absolute atomic E-state index is 5.46. The van der Waals surface area contributed by atoms with Gasteiger partial charge in [0.25, 0.3) is 0 Å². The van der Waals surface area contributed by atoms with Crippen LogP contribution in [-0.2, 0) is 13.1 Å². The number of thiazole rings is 1. The second-order valence-corrected chi connectivity index (χ2v) is 5.76. The average molecular weight is 308 g/mol. The summed E-state index contributed by atoms with van der Waals surface area (Å²) >= 11 is 1.70. The van der Waals surface area contributed by atoms with Gasteiger partial charge in [-0.25, -0.2) is 4.98 Å². The van der Waals surface area contributed by atoms with Gasteiger partial charge in [-0.1, -0.05) is 6.07 Å². The van der Waals surface area contributed by atoms with Crippen LogP contribution in [0, 0.1) is 6.92 Å². The van der Waals surface area contributed by atoms with Gasteiger partial charge < -0.3 is 19.5 Å². The molecule has 5 nitrogen and oxygen atoms in total. The van der Waals surface area contributed by atoms with Crippen LogP contribution >= 0.6 is 11.3 Å². The molecule has 0 radical (unpaired) electrons. The molecule has 0 bridgehead atoms. The predicted molar refractivity (Wildman–Crippen MR) is 83.5 cm³/mol. The fourth-order valence-electron chi connectivity index (χ4n) is 2.11. The third-order valence-corrected chi connectivity index (χ3v) is 3.98. The SMILES string of the molecule is COc1ccc(CNCc2cnc(C)s2)c(OC)c1OC. The van der Waals surface area contributed by atoms with Gasteiger partial charge >= 0.3 is 0 Å². The molecule has 21 heavy (non-hydrogen) atoms. The van der Waals surface area contributed by atoms with Crippen LogP contribution in [-0.4, -0.2) is 26.3 Å². The molecule has 114 valence electrons. The number of nitrogens with zero attached hydrogens (tertiary/aromatic N) is 1. The quantitative estimate of drug-likeness (QED) is 0.852. The molecule has 0 spiro atoms. The van der Waals surface area contributed by atoms with Gasteiger partial charge in [0.1, 0.15) is 0 Å². The molecule has 1 aromatic heterocycles. The Morgan fingerprint density at radius 2 is 1.81 bits per heavy atom. The highest BCUT2D eigenvalue weighted by Gasteiger charge is 2.15. The van der Waals surface area contributed by atoms with E-state index in [0.717, 1.165) is 17.1 Å². The molecule has 0 aliphatic heterocycles. The first kappa shape index (κ1) is 15.6. The van der Waals surface area contributed by atoms with E-state index in [9.17, 15) is 0 Å². The number of ether oxygens (including phenoxy) is 3. The van der Waals surface area contributed by atoms with Gasteiger partial charge in [0.2, 0.25) is 5.75 Å². The van der Waals surface area contributed by atoms with Gasteiger partial charge in [0, 0.05) is 29.7 Å². The second-order valence-electron chi connectivity index (χ2n) is 4.44. The molecule has 0 amide bonds. The fraction of sp³-hybridized carbons (Fsp3) is 0.400. The summed E-state index contributed by atoms with van der Waals surface area (Å²) in [6.45, 7) is 3.47. The van der Waals surface area contributed by atoms with E-state index >= 15 is 0 Å². The minimum Gasteiger partial charge on any atom is -0.493 e. The summed E-state index contributed by atoms with van der Waals surface area (Å²) in [6, 6.07) is 3.86. The van der Waals surface area contributed by atoms with E-state index in [2.05, 4.69) is 10.3 Å². The molecule has 6 heteroatoms. The van der Waals surface area contributed by atoms with Crippen LogP contribution in [0.15, 0.2) is 18.3 Å². The van der Waals surface area contributed by atoms with E-state index < -0.39 is 0 Å².